The van der Waals surface area contributed by atoms with Gasteiger partial charge in [0.1, 0.15) is 17.8 Å². The van der Waals surface area contributed by atoms with Gasteiger partial charge >= 0.3 is 0 Å². The molecule has 0 bridgehead atoms. The van der Waals surface area contributed by atoms with Gasteiger partial charge in [-0.3, -0.25) is 9.36 Å². The van der Waals surface area contributed by atoms with Crippen molar-refractivity contribution in [2.75, 3.05) is 25.1 Å². The predicted octanol–water partition coefficient (Wildman–Crippen LogP) is 1.75. The molecule has 0 aliphatic carbocycles. The fourth-order valence-electron chi connectivity index (χ4n) is 3.58. The van der Waals surface area contributed by atoms with Gasteiger partial charge in [-0.15, -0.1) is 0 Å². The van der Waals surface area contributed by atoms with E-state index in [9.17, 15) is 9.90 Å². The second kappa shape index (κ2) is 9.84. The van der Waals surface area contributed by atoms with Crippen LogP contribution in [-0.4, -0.2) is 56.3 Å². The molecule has 1 amide bonds. The Kier molecular flexibility index (Phi) is 6.89. The maximum Gasteiger partial charge on any atom is 0.273 e. The van der Waals surface area contributed by atoms with Crippen molar-refractivity contribution >= 4 is 23.5 Å². The number of ether oxygens (including phenoxy) is 1. The third-order valence-electron chi connectivity index (χ3n) is 5.48. The van der Waals surface area contributed by atoms with Crippen molar-refractivity contribution in [3.05, 3.63) is 64.8 Å². The van der Waals surface area contributed by atoms with Crippen LogP contribution in [0, 0.1) is 6.92 Å². The predicted molar refractivity (Wildman–Crippen MR) is 123 cm³/mol. The number of anilines is 1. The average molecular weight is 472 g/mol. The van der Waals surface area contributed by atoms with Crippen LogP contribution in [-0.2, 0) is 10.5 Å². The molecule has 1 aliphatic rings. The summed E-state index contributed by atoms with van der Waals surface area (Å²) in [6.07, 6.45) is 6.52. The number of nitrogens with zero attached hydrogens (tertiary/aromatic N) is 4. The van der Waals surface area contributed by atoms with Gasteiger partial charge in [-0.05, 0) is 31.9 Å². The van der Waals surface area contributed by atoms with Crippen molar-refractivity contribution in [1.82, 2.24) is 24.8 Å². The van der Waals surface area contributed by atoms with Crippen molar-refractivity contribution in [2.45, 2.75) is 31.5 Å². The van der Waals surface area contributed by atoms with Gasteiger partial charge < -0.3 is 26.2 Å². The van der Waals surface area contributed by atoms with Crippen LogP contribution in [0.1, 0.15) is 34.5 Å². The highest BCUT2D eigenvalue weighted by atomic mass is 35.5. The summed E-state index contributed by atoms with van der Waals surface area (Å²) < 4.78 is 7.03. The standard InChI is InChI=1S/C22H26ClN7O3/c1-14-10-25-21(27-17-5-7-33-8-6-17)28-19(14)30-11-18(26-13-30)20(31)29-22(32,12-24)15-3-2-4-16(23)9-15/h2-4,9-11,13,17,32H,5-8,12,24H2,1H3,(H,29,31)(H,25,27,28)/t22-/m1/s1. The fraction of sp³-hybridized carbons (Fsp3) is 0.364. The largest absolute Gasteiger partial charge is 0.381 e. The van der Waals surface area contributed by atoms with Crippen molar-refractivity contribution in [3.8, 4) is 5.82 Å². The van der Waals surface area contributed by atoms with Gasteiger partial charge in [-0.2, -0.15) is 4.98 Å². The van der Waals surface area contributed by atoms with Crippen LogP contribution in [0.15, 0.2) is 43.0 Å². The van der Waals surface area contributed by atoms with Crippen molar-refractivity contribution in [3.63, 3.8) is 0 Å². The minimum absolute atomic E-state index is 0.0980. The van der Waals surface area contributed by atoms with E-state index in [1.165, 1.54) is 12.5 Å². The molecule has 3 aromatic rings. The Morgan fingerprint density at radius 3 is 2.88 bits per heavy atom. The number of carbonyl (C=O) groups excluding carboxylic acids is 1. The number of nitrogens with two attached hydrogens (primary N) is 1. The highest BCUT2D eigenvalue weighted by molar-refractivity contribution is 6.30. The number of imidazole rings is 1. The molecule has 1 atom stereocenters. The molecule has 1 aliphatic heterocycles. The average Bonchev–Trinajstić information content (AvgIpc) is 3.31. The van der Waals surface area contributed by atoms with Gasteiger partial charge in [0, 0.05) is 54.3 Å². The minimum Gasteiger partial charge on any atom is -0.381 e. The Morgan fingerprint density at radius 2 is 2.15 bits per heavy atom. The second-order valence-corrected chi connectivity index (χ2v) is 8.36. The third kappa shape index (κ3) is 5.31. The summed E-state index contributed by atoms with van der Waals surface area (Å²) in [6.45, 7) is 3.05. The monoisotopic (exact) mass is 471 g/mol. The lowest BCUT2D eigenvalue weighted by Gasteiger charge is -2.28. The number of benzene rings is 1. The molecule has 0 saturated carbocycles. The van der Waals surface area contributed by atoms with E-state index in [0.717, 1.165) is 18.4 Å². The Hall–Kier alpha value is -3.05. The lowest BCUT2D eigenvalue weighted by molar-refractivity contribution is 0.0108. The molecule has 0 spiro atoms. The van der Waals surface area contributed by atoms with Gasteiger partial charge in [0.05, 0.1) is 0 Å². The molecule has 3 heterocycles. The number of rotatable bonds is 7. The molecule has 0 unspecified atom stereocenters. The molecule has 4 rings (SSSR count). The SMILES string of the molecule is Cc1cnc(NC2CCOCC2)nc1-n1cnc(C(=O)N[C@@](O)(CN)c2cccc(Cl)c2)c1. The zero-order valence-corrected chi connectivity index (χ0v) is 18.9. The first-order chi connectivity index (χ1) is 15.9. The van der Waals surface area contributed by atoms with Crippen molar-refractivity contribution in [1.29, 1.82) is 0 Å². The molecule has 10 nitrogen and oxygen atoms in total. The molecule has 0 radical (unpaired) electrons. The van der Waals surface area contributed by atoms with E-state index in [4.69, 9.17) is 22.1 Å². The van der Waals surface area contributed by atoms with E-state index in [1.807, 2.05) is 6.92 Å². The Morgan fingerprint density at radius 1 is 1.36 bits per heavy atom. The van der Waals surface area contributed by atoms with Crippen LogP contribution in [0.2, 0.25) is 5.02 Å². The third-order valence-corrected chi connectivity index (χ3v) is 5.71. The molecule has 2 aromatic heterocycles. The number of halogens is 1. The van der Waals surface area contributed by atoms with E-state index in [-0.39, 0.29) is 18.3 Å². The summed E-state index contributed by atoms with van der Waals surface area (Å²) in [4.78, 5) is 26.0. The van der Waals surface area contributed by atoms with Crippen LogP contribution in [0.5, 0.6) is 0 Å². The van der Waals surface area contributed by atoms with Crippen LogP contribution < -0.4 is 16.4 Å². The number of amides is 1. The summed E-state index contributed by atoms with van der Waals surface area (Å²) in [7, 11) is 0. The molecular weight excluding hydrogens is 446 g/mol. The second-order valence-electron chi connectivity index (χ2n) is 7.93. The zero-order valence-electron chi connectivity index (χ0n) is 18.2. The Bertz CT molecular complexity index is 1130. The van der Waals surface area contributed by atoms with E-state index in [0.29, 0.717) is 35.6 Å². The maximum atomic E-state index is 12.8. The van der Waals surface area contributed by atoms with Gasteiger partial charge in [0.25, 0.3) is 5.91 Å². The van der Waals surface area contributed by atoms with E-state index < -0.39 is 11.6 Å². The quantitative estimate of drug-likeness (QED) is 0.382. The van der Waals surface area contributed by atoms with E-state index in [1.54, 1.807) is 35.0 Å². The number of hydrogen-bond acceptors (Lipinski definition) is 8. The Balaban J connectivity index is 1.52. The van der Waals surface area contributed by atoms with E-state index in [2.05, 4.69) is 25.6 Å². The van der Waals surface area contributed by atoms with Crippen molar-refractivity contribution < 1.29 is 14.6 Å². The number of carbonyl (C=O) groups is 1. The lowest BCUT2D eigenvalue weighted by atomic mass is 10.0. The smallest absolute Gasteiger partial charge is 0.273 e. The lowest BCUT2D eigenvalue weighted by Crippen LogP contribution is -2.51. The van der Waals surface area contributed by atoms with Gasteiger partial charge in [-0.25, -0.2) is 9.97 Å². The molecule has 11 heteroatoms. The number of aryl methyl sites for hydroxylation is 1. The molecule has 33 heavy (non-hydrogen) atoms. The first-order valence-corrected chi connectivity index (χ1v) is 11.0. The molecular formula is C22H26ClN7O3. The summed E-state index contributed by atoms with van der Waals surface area (Å²) >= 11 is 6.02. The summed E-state index contributed by atoms with van der Waals surface area (Å²) in [6, 6.07) is 6.77. The van der Waals surface area contributed by atoms with Crippen LogP contribution in [0.25, 0.3) is 5.82 Å². The van der Waals surface area contributed by atoms with Gasteiger partial charge in [0.15, 0.2) is 5.72 Å². The Labute approximate surface area is 196 Å². The summed E-state index contributed by atoms with van der Waals surface area (Å²) in [5.41, 5.74) is 5.25. The number of nitrogens with one attached hydrogen (secondary N) is 2. The molecule has 1 fully saturated rings. The topological polar surface area (TPSA) is 140 Å². The zero-order chi connectivity index (χ0) is 23.4. The first kappa shape index (κ1) is 23.1. The van der Waals surface area contributed by atoms with Crippen LogP contribution in [0.3, 0.4) is 0 Å². The number of aliphatic hydroxyl groups is 1. The molecule has 5 N–H and O–H groups in total. The number of hydrogen-bond donors (Lipinski definition) is 4. The first-order valence-electron chi connectivity index (χ1n) is 10.6. The normalized spacial score (nSPS) is 16.2. The van der Waals surface area contributed by atoms with Gasteiger partial charge in [-0.1, -0.05) is 23.7 Å². The molecule has 174 valence electrons. The highest BCUT2D eigenvalue weighted by Gasteiger charge is 2.31. The van der Waals surface area contributed by atoms with Gasteiger partial charge in [0.2, 0.25) is 5.95 Å². The summed E-state index contributed by atoms with van der Waals surface area (Å²) in [5.74, 6) is 0.504. The fourth-order valence-corrected chi connectivity index (χ4v) is 3.77. The minimum atomic E-state index is -1.79. The maximum absolute atomic E-state index is 12.8. The van der Waals surface area contributed by atoms with Crippen LogP contribution in [0.4, 0.5) is 5.95 Å². The van der Waals surface area contributed by atoms with Crippen LogP contribution >= 0.6 is 11.6 Å². The summed E-state index contributed by atoms with van der Waals surface area (Å²) in [5, 5.41) is 17.2. The molecule has 1 aromatic carbocycles. The van der Waals surface area contributed by atoms with Crippen molar-refractivity contribution in [2.24, 2.45) is 5.73 Å². The van der Waals surface area contributed by atoms with E-state index >= 15 is 0 Å². The highest BCUT2D eigenvalue weighted by Crippen LogP contribution is 2.22. The molecule has 1 saturated heterocycles. The number of aromatic nitrogens is 4.